The predicted octanol–water partition coefficient (Wildman–Crippen LogP) is 16.7. The number of aromatic nitrogens is 16. The van der Waals surface area contributed by atoms with Gasteiger partial charge < -0.3 is 34.2 Å². The molecule has 16 aromatic rings. The van der Waals surface area contributed by atoms with Gasteiger partial charge in [0, 0.05) is 210 Å². The van der Waals surface area contributed by atoms with E-state index in [2.05, 4.69) is 65.8 Å². The van der Waals surface area contributed by atoms with Crippen molar-refractivity contribution in [3.05, 3.63) is 266 Å². The number of fused-ring (bicyclic) bond motifs is 4. The molecule has 4 aliphatic rings. The van der Waals surface area contributed by atoms with Crippen LogP contribution in [0.15, 0.2) is 244 Å². The van der Waals surface area contributed by atoms with E-state index in [-0.39, 0.29) is 40.9 Å². The quantitative estimate of drug-likeness (QED) is 0.0869. The second-order valence-electron chi connectivity index (χ2n) is 32.3. The third-order valence-electron chi connectivity index (χ3n) is 23.5. The molecule has 0 unspecified atom stereocenters. The van der Waals surface area contributed by atoms with Gasteiger partial charge in [0.2, 0.25) is 11.8 Å². The van der Waals surface area contributed by atoms with Crippen LogP contribution in [0.3, 0.4) is 0 Å². The fourth-order valence-corrected chi connectivity index (χ4v) is 18.4. The summed E-state index contributed by atoms with van der Waals surface area (Å²) in [6.45, 7) is 14.4. The van der Waals surface area contributed by atoms with Crippen molar-refractivity contribution in [1.82, 2.24) is 87.9 Å². The van der Waals surface area contributed by atoms with Gasteiger partial charge in [-0.15, -0.1) is 0 Å². The third-order valence-corrected chi connectivity index (χ3v) is 25.1. The van der Waals surface area contributed by atoms with E-state index in [0.717, 1.165) is 227 Å². The van der Waals surface area contributed by atoms with E-state index in [1.54, 1.807) is 88.4 Å². The summed E-state index contributed by atoms with van der Waals surface area (Å²) in [5, 5.41) is 1.37. The summed E-state index contributed by atoms with van der Waals surface area (Å²) in [6.07, 6.45) is 28.1. The predicted molar refractivity (Wildman–Crippen MR) is 497 cm³/mol. The highest BCUT2D eigenvalue weighted by Crippen LogP contribution is 2.37. The monoisotopic (exact) mass is 1770 g/mol. The van der Waals surface area contributed by atoms with Crippen molar-refractivity contribution < 1.29 is 31.6 Å². The highest BCUT2D eigenvalue weighted by Gasteiger charge is 2.28. The number of ketones is 1. The molecule has 16 heterocycles. The van der Waals surface area contributed by atoms with E-state index in [1.165, 1.54) is 30.5 Å². The van der Waals surface area contributed by atoms with Crippen molar-refractivity contribution >= 4 is 118 Å². The van der Waals surface area contributed by atoms with Crippen LogP contribution in [0.25, 0.3) is 112 Å². The first-order valence-corrected chi connectivity index (χ1v) is 45.3. The van der Waals surface area contributed by atoms with Crippen molar-refractivity contribution in [3.8, 4) is 68.3 Å². The van der Waals surface area contributed by atoms with E-state index in [9.17, 15) is 31.6 Å². The van der Waals surface area contributed by atoms with Gasteiger partial charge in [-0.3, -0.25) is 47.8 Å². The molecule has 0 saturated carbocycles. The smallest absolute Gasteiger partial charge is 0.219 e. The van der Waals surface area contributed by atoms with Crippen LogP contribution in [-0.2, 0) is 24.2 Å². The van der Waals surface area contributed by atoms with Crippen molar-refractivity contribution in [3.63, 3.8) is 0 Å². The number of anilines is 4. The van der Waals surface area contributed by atoms with Crippen LogP contribution in [0.2, 0.25) is 10.0 Å². The Hall–Kier alpha value is -13.8. The number of nitrogens with zero attached hydrogens (tertiary/aromatic N) is 22. The van der Waals surface area contributed by atoms with E-state index >= 15 is 0 Å². The molecule has 32 heteroatoms. The Balaban J connectivity index is 0.000000120. The van der Waals surface area contributed by atoms with Crippen LogP contribution in [0.4, 0.5) is 32.1 Å². The Kier molecular flexibility index (Phi) is 26.0. The second-order valence-corrected chi connectivity index (χ2v) is 35.3. The number of hydrogen-bond donors (Lipinski definition) is 0. The average Bonchev–Trinajstić information content (AvgIpc) is 1.64. The van der Waals surface area contributed by atoms with E-state index in [0.29, 0.717) is 42.0 Å². The van der Waals surface area contributed by atoms with Crippen molar-refractivity contribution in [2.45, 2.75) is 59.3 Å². The molecule has 20 rings (SSSR count). The molecule has 4 saturated heterocycles. The molecule has 0 N–H and O–H groups in total. The fraction of sp³-hybridized carbons (Fsp3) is 0.260. The average molecular weight is 1770 g/mol. The van der Waals surface area contributed by atoms with Gasteiger partial charge in [0.15, 0.2) is 0 Å². The lowest BCUT2D eigenvalue weighted by molar-refractivity contribution is -0.129. The van der Waals surface area contributed by atoms with Gasteiger partial charge in [0.1, 0.15) is 73.8 Å². The van der Waals surface area contributed by atoms with Gasteiger partial charge >= 0.3 is 0 Å². The number of hydrogen-bond acceptors (Lipinski definition) is 21. The van der Waals surface area contributed by atoms with Crippen LogP contribution in [0, 0.1) is 23.5 Å². The molecular weight excluding hydrogens is 1680 g/mol. The molecule has 4 aromatic carbocycles. The number of pyridine rings is 8. The first-order chi connectivity index (χ1) is 62.1. The number of imidazole rings is 4. The van der Waals surface area contributed by atoms with Gasteiger partial charge in [-0.05, 0) is 221 Å². The van der Waals surface area contributed by atoms with Crippen molar-refractivity contribution in [2.75, 3.05) is 110 Å². The molecular formula is C96H92Cl2F2N22O5S. The van der Waals surface area contributed by atoms with E-state index < -0.39 is 9.84 Å². The second kappa shape index (κ2) is 38.6. The maximum Gasteiger partial charge on any atom is 0.219 e. The summed E-state index contributed by atoms with van der Waals surface area (Å²) >= 11 is 12.2. The Bertz CT molecular complexity index is 6730. The van der Waals surface area contributed by atoms with Crippen molar-refractivity contribution in [2.24, 2.45) is 11.8 Å². The summed E-state index contributed by atoms with van der Waals surface area (Å²) in [7, 11) is -2.94. The van der Waals surface area contributed by atoms with E-state index in [4.69, 9.17) is 58.1 Å². The molecule has 2 amide bonds. The lowest BCUT2D eigenvalue weighted by Gasteiger charge is -2.34. The topological polar surface area (TPSA) is 279 Å². The van der Waals surface area contributed by atoms with Crippen LogP contribution >= 0.6 is 23.2 Å². The van der Waals surface area contributed by atoms with Crippen LogP contribution in [0.1, 0.15) is 59.3 Å². The Labute approximate surface area is 748 Å². The molecule has 12 aromatic heterocycles. The summed E-state index contributed by atoms with van der Waals surface area (Å²) < 4.78 is 58.3. The minimum Gasteiger partial charge on any atom is -0.357 e. The zero-order valence-electron chi connectivity index (χ0n) is 71.0. The number of carbonyl (C=O) groups excluding carboxylic acids is 3. The van der Waals surface area contributed by atoms with Gasteiger partial charge in [-0.25, -0.2) is 57.1 Å². The Morgan fingerprint density at radius 1 is 0.352 bits per heavy atom. The number of rotatable bonds is 16. The molecule has 4 fully saturated rings. The summed E-state index contributed by atoms with van der Waals surface area (Å²) in [5.74, 6) is 7.57. The van der Waals surface area contributed by atoms with Crippen molar-refractivity contribution in [1.29, 1.82) is 0 Å². The highest BCUT2D eigenvalue weighted by atomic mass is 35.5. The zero-order valence-corrected chi connectivity index (χ0v) is 73.3. The van der Waals surface area contributed by atoms with Crippen LogP contribution in [0.5, 0.6) is 0 Å². The lowest BCUT2D eigenvalue weighted by atomic mass is 9.92. The number of halogens is 4. The highest BCUT2D eigenvalue weighted by molar-refractivity contribution is 7.90. The molecule has 0 atom stereocenters. The molecule has 0 spiro atoms. The van der Waals surface area contributed by atoms with E-state index in [1.807, 2.05) is 159 Å². The molecule has 0 aliphatic carbocycles. The largest absolute Gasteiger partial charge is 0.357 e. The summed E-state index contributed by atoms with van der Waals surface area (Å²) in [6, 6.07) is 51.7. The van der Waals surface area contributed by atoms with Crippen LogP contribution in [-0.4, -0.2) is 204 Å². The van der Waals surface area contributed by atoms with Gasteiger partial charge in [0.25, 0.3) is 0 Å². The number of sulfone groups is 1. The van der Waals surface area contributed by atoms with Gasteiger partial charge in [0.05, 0.1) is 74.7 Å². The molecule has 0 radical (unpaired) electrons. The number of piperidine rings is 2. The SMILES string of the molecule is CC(=O)CC1CCN(c2ccc(-c3nc4ccncc4n3-c3ccc(Cl)cc3)cn2)CC1.CC(=O)N1CCCN(c2ccc(-c3nc4ccncc4n3-c3ccc(F)cc3)cn2)CC1.CC(=O)N1CCN(c2ccc(-c3nc4ccncc4n3-c3ccc(F)cc3)cn2)CC1.CS(=O)(=O)CC1CCN(c2ccc(-c3nc4ccncc4n3-c3ccc(Cl)cc3)cn2)CC1. The third kappa shape index (κ3) is 19.9. The number of benzene rings is 4. The van der Waals surface area contributed by atoms with Crippen LogP contribution < -0.4 is 19.6 Å². The molecule has 27 nitrogen and oxygen atoms in total. The summed E-state index contributed by atoms with van der Waals surface area (Å²) in [5.41, 5.74) is 13.9. The number of piperazine rings is 1. The van der Waals surface area contributed by atoms with Gasteiger partial charge in [-0.2, -0.15) is 0 Å². The molecule has 0 bridgehead atoms. The minimum absolute atomic E-state index is 0.108. The fourth-order valence-electron chi connectivity index (χ4n) is 16.9. The number of amides is 2. The maximum absolute atomic E-state index is 13.5. The Morgan fingerprint density at radius 2 is 0.641 bits per heavy atom. The van der Waals surface area contributed by atoms with Gasteiger partial charge in [-0.1, -0.05) is 23.2 Å². The molecule has 128 heavy (non-hydrogen) atoms. The Morgan fingerprint density at radius 3 is 0.930 bits per heavy atom. The zero-order chi connectivity index (χ0) is 88.5. The first kappa shape index (κ1) is 86.3. The molecule has 4 aliphatic heterocycles. The summed E-state index contributed by atoms with van der Waals surface area (Å²) in [4.78, 5) is 102. The standard InChI is InChI=1S/C25H24ClN5O.C24H24ClN5O2S.C24H23FN6O.C23H21FN6O/c1-17(32)14-18-9-12-30(13-10-18)24-7-2-19(15-28-24)25-29-22-8-11-27-16-23(22)31(25)21-5-3-20(26)4-6-21;1-33(31,32)16-17-9-12-29(13-10-17)23-7-2-18(14-27-23)24-28-21-8-11-26-15-22(21)30(24)20-5-3-19(25)4-6-20;1-17(32)29-11-2-12-30(14-13-29)23-8-3-18(15-27-23)24-28-21-9-10-26-16-22(21)31(24)20-6-4-19(25)5-7-20;1-16(31)28-10-12-29(13-11-28)22-7-2-17(14-26-22)23-27-20-8-9-25-15-21(20)30(23)19-5-3-18(24)4-6-19/h2-8,11,15-16,18H,9-10,12-14H2,1H3;2-8,11,14-15,17H,9-10,12-13,16H2,1H3;3-10,15-16H,2,11-14H2,1H3;2-9,14-15H,10-13H2,1H3. The molecule has 650 valence electrons. The minimum atomic E-state index is -2.94. The number of Topliss-reactive ketones (excluding diaryl/α,β-unsaturated/α-hetero) is 1. The normalized spacial score (nSPS) is 14.7. The first-order valence-electron chi connectivity index (χ1n) is 42.5. The maximum atomic E-state index is 13.5. The number of carbonyl (C=O) groups is 3. The lowest BCUT2D eigenvalue weighted by Crippen LogP contribution is -2.48.